The largest absolute Gasteiger partial charge is 0.488 e. The van der Waals surface area contributed by atoms with E-state index < -0.39 is 17.7 Å². The fourth-order valence-corrected chi connectivity index (χ4v) is 3.02. The Bertz CT molecular complexity index is 1040. The Kier molecular flexibility index (Phi) is 7.26. The van der Waals surface area contributed by atoms with Crippen molar-refractivity contribution >= 4 is 6.09 Å². The molecule has 0 aliphatic heterocycles. The highest BCUT2D eigenvalue weighted by molar-refractivity contribution is 5.68. The summed E-state index contributed by atoms with van der Waals surface area (Å²) in [5.41, 5.74) is 0.867. The number of amides is 1. The molecule has 0 spiro atoms. The third-order valence-corrected chi connectivity index (χ3v) is 4.32. The molecule has 0 saturated carbocycles. The van der Waals surface area contributed by atoms with Crippen molar-refractivity contribution < 1.29 is 14.3 Å². The Morgan fingerprint density at radius 2 is 1.45 bits per heavy atom. The van der Waals surface area contributed by atoms with Gasteiger partial charge >= 0.3 is 6.09 Å². The molecule has 8 heteroatoms. The maximum absolute atomic E-state index is 12.5. The number of carbonyl (C=O) groups excluding carboxylic acids is 1. The molecule has 174 valence electrons. The van der Waals surface area contributed by atoms with E-state index in [2.05, 4.69) is 25.7 Å². The highest BCUT2D eigenvalue weighted by Crippen LogP contribution is 2.22. The van der Waals surface area contributed by atoms with Gasteiger partial charge in [-0.05, 0) is 59.2 Å². The Morgan fingerprint density at radius 1 is 0.848 bits per heavy atom. The second-order valence-electron chi connectivity index (χ2n) is 9.71. The van der Waals surface area contributed by atoms with Gasteiger partial charge in [0.15, 0.2) is 5.82 Å². The minimum Gasteiger partial charge on any atom is -0.488 e. The van der Waals surface area contributed by atoms with Crippen LogP contribution in [0.15, 0.2) is 54.6 Å². The van der Waals surface area contributed by atoms with Crippen LogP contribution in [0, 0.1) is 0 Å². The normalized spacial score (nSPS) is 12.7. The van der Waals surface area contributed by atoms with Gasteiger partial charge in [-0.15, -0.1) is 20.4 Å². The van der Waals surface area contributed by atoms with Crippen molar-refractivity contribution in [3.8, 4) is 17.1 Å². The van der Waals surface area contributed by atoms with Crippen molar-refractivity contribution in [2.75, 3.05) is 0 Å². The molecule has 1 amide bonds. The van der Waals surface area contributed by atoms with Crippen LogP contribution in [-0.4, -0.2) is 37.7 Å². The molecule has 2 aromatic carbocycles. The summed E-state index contributed by atoms with van der Waals surface area (Å²) < 4.78 is 11.3. The van der Waals surface area contributed by atoms with E-state index in [1.165, 1.54) is 0 Å². The van der Waals surface area contributed by atoms with Gasteiger partial charge in [0.05, 0.1) is 0 Å². The Balaban J connectivity index is 1.81. The first-order valence-electron chi connectivity index (χ1n) is 10.9. The summed E-state index contributed by atoms with van der Waals surface area (Å²) in [6, 6.07) is 16.6. The number of nitrogens with one attached hydrogen (secondary N) is 1. The number of ether oxygens (including phenoxy) is 2. The van der Waals surface area contributed by atoms with E-state index in [9.17, 15) is 4.79 Å². The average molecular weight is 450 g/mol. The van der Waals surface area contributed by atoms with Crippen molar-refractivity contribution in [3.05, 3.63) is 66.0 Å². The summed E-state index contributed by atoms with van der Waals surface area (Å²) in [5.74, 6) is 1.49. The fourth-order valence-electron chi connectivity index (χ4n) is 3.02. The van der Waals surface area contributed by atoms with Crippen molar-refractivity contribution in [2.24, 2.45) is 0 Å². The molecule has 0 radical (unpaired) electrons. The third kappa shape index (κ3) is 7.82. The van der Waals surface area contributed by atoms with Gasteiger partial charge in [0.25, 0.3) is 0 Å². The van der Waals surface area contributed by atoms with Crippen molar-refractivity contribution in [2.45, 2.75) is 65.2 Å². The molecule has 1 atom stereocenters. The van der Waals surface area contributed by atoms with Gasteiger partial charge in [-0.3, -0.25) is 0 Å². The molecule has 0 fully saturated rings. The first-order chi connectivity index (χ1) is 15.5. The molecule has 3 aromatic rings. The van der Waals surface area contributed by atoms with Crippen molar-refractivity contribution in [1.82, 2.24) is 25.7 Å². The summed E-state index contributed by atoms with van der Waals surface area (Å²) in [7, 11) is 0. The van der Waals surface area contributed by atoms with E-state index in [1.807, 2.05) is 96.1 Å². The lowest BCUT2D eigenvalue weighted by Gasteiger charge is -2.23. The number of aromatic nitrogens is 4. The first-order valence-corrected chi connectivity index (χ1v) is 10.9. The van der Waals surface area contributed by atoms with Gasteiger partial charge in [0.2, 0.25) is 5.82 Å². The van der Waals surface area contributed by atoms with Crippen LogP contribution in [0.4, 0.5) is 4.79 Å². The second-order valence-corrected chi connectivity index (χ2v) is 9.71. The van der Waals surface area contributed by atoms with Crippen LogP contribution in [0.2, 0.25) is 0 Å². The summed E-state index contributed by atoms with van der Waals surface area (Å²) in [6.45, 7) is 11.4. The Morgan fingerprint density at radius 3 is 2.00 bits per heavy atom. The van der Waals surface area contributed by atoms with Gasteiger partial charge in [-0.2, -0.15) is 0 Å². The van der Waals surface area contributed by atoms with E-state index in [0.717, 1.165) is 16.9 Å². The average Bonchev–Trinajstić information content (AvgIpc) is 2.73. The van der Waals surface area contributed by atoms with E-state index >= 15 is 0 Å². The number of hydrogen-bond donors (Lipinski definition) is 1. The molecule has 3 rings (SSSR count). The van der Waals surface area contributed by atoms with E-state index in [4.69, 9.17) is 9.47 Å². The SMILES string of the molecule is CC(C)(C)OC(=O)NC(Cc1ccc(OC(C)(C)C)cc1)c1nnc(-c2ccccc2)nn1. The number of rotatable bonds is 6. The number of nitrogens with zero attached hydrogens (tertiary/aromatic N) is 4. The molecule has 1 aromatic heterocycles. The van der Waals surface area contributed by atoms with Crippen LogP contribution < -0.4 is 10.1 Å². The third-order valence-electron chi connectivity index (χ3n) is 4.32. The van der Waals surface area contributed by atoms with Crippen LogP contribution >= 0.6 is 0 Å². The molecule has 33 heavy (non-hydrogen) atoms. The lowest BCUT2D eigenvalue weighted by molar-refractivity contribution is 0.0500. The van der Waals surface area contributed by atoms with Gasteiger partial charge in [0, 0.05) is 12.0 Å². The lowest BCUT2D eigenvalue weighted by Crippen LogP contribution is -2.36. The maximum atomic E-state index is 12.5. The molecule has 1 unspecified atom stereocenters. The predicted molar refractivity (Wildman–Crippen MR) is 126 cm³/mol. The van der Waals surface area contributed by atoms with E-state index in [-0.39, 0.29) is 5.60 Å². The summed E-state index contributed by atoms with van der Waals surface area (Å²) in [6.07, 6.45) is -0.126. The van der Waals surface area contributed by atoms with Gasteiger partial charge in [0.1, 0.15) is 23.0 Å². The van der Waals surface area contributed by atoms with Gasteiger partial charge in [-0.1, -0.05) is 42.5 Å². The molecular weight excluding hydrogens is 418 g/mol. The van der Waals surface area contributed by atoms with Crippen LogP contribution in [0.5, 0.6) is 5.75 Å². The molecule has 0 aliphatic rings. The summed E-state index contributed by atoms with van der Waals surface area (Å²) in [5, 5.41) is 19.8. The van der Waals surface area contributed by atoms with E-state index in [0.29, 0.717) is 18.1 Å². The molecule has 0 saturated heterocycles. The smallest absolute Gasteiger partial charge is 0.408 e. The monoisotopic (exact) mass is 449 g/mol. The molecule has 0 bridgehead atoms. The number of carbonyl (C=O) groups is 1. The zero-order valence-electron chi connectivity index (χ0n) is 20.0. The van der Waals surface area contributed by atoms with Crippen LogP contribution in [0.25, 0.3) is 11.4 Å². The van der Waals surface area contributed by atoms with Gasteiger partial charge < -0.3 is 14.8 Å². The molecule has 1 heterocycles. The van der Waals surface area contributed by atoms with Crippen molar-refractivity contribution in [1.29, 1.82) is 0 Å². The lowest BCUT2D eigenvalue weighted by atomic mass is 10.1. The van der Waals surface area contributed by atoms with Crippen LogP contribution in [0.1, 0.15) is 59.0 Å². The Hall–Kier alpha value is -3.55. The first kappa shape index (κ1) is 24.1. The number of alkyl carbamates (subject to hydrolysis) is 1. The Labute approximate surface area is 194 Å². The highest BCUT2D eigenvalue weighted by Gasteiger charge is 2.24. The van der Waals surface area contributed by atoms with E-state index in [1.54, 1.807) is 0 Å². The van der Waals surface area contributed by atoms with Gasteiger partial charge in [-0.25, -0.2) is 4.79 Å². The molecular formula is C25H31N5O3. The zero-order chi connectivity index (χ0) is 24.1. The number of benzene rings is 2. The highest BCUT2D eigenvalue weighted by atomic mass is 16.6. The maximum Gasteiger partial charge on any atom is 0.408 e. The second kappa shape index (κ2) is 9.94. The molecule has 0 aliphatic carbocycles. The molecule has 8 nitrogen and oxygen atoms in total. The standard InChI is InChI=1S/C25H31N5O3/c1-24(2,3)32-19-14-12-17(13-15-19)16-20(26-23(31)33-25(4,5)6)22-29-27-21(28-30-22)18-10-8-7-9-11-18/h7-15,20H,16H2,1-6H3,(H,26,31). The minimum atomic E-state index is -0.630. The quantitative estimate of drug-likeness (QED) is 0.570. The van der Waals surface area contributed by atoms with Crippen LogP contribution in [0.3, 0.4) is 0 Å². The fraction of sp³-hybridized carbons (Fsp3) is 0.400. The predicted octanol–water partition coefficient (Wildman–Crippen LogP) is 4.92. The van der Waals surface area contributed by atoms with Crippen molar-refractivity contribution in [3.63, 3.8) is 0 Å². The summed E-state index contributed by atoms with van der Waals surface area (Å²) >= 11 is 0. The van der Waals surface area contributed by atoms with Crippen LogP contribution in [-0.2, 0) is 11.2 Å². The molecule has 1 N–H and O–H groups in total. The topological polar surface area (TPSA) is 99.1 Å². The zero-order valence-corrected chi connectivity index (χ0v) is 20.0. The number of hydrogen-bond acceptors (Lipinski definition) is 7. The summed E-state index contributed by atoms with van der Waals surface area (Å²) in [4.78, 5) is 12.5. The minimum absolute atomic E-state index is 0.284.